The van der Waals surface area contributed by atoms with Gasteiger partial charge in [-0.25, -0.2) is 9.59 Å². The van der Waals surface area contributed by atoms with Crippen molar-refractivity contribution in [1.29, 1.82) is 0 Å². The van der Waals surface area contributed by atoms with Crippen molar-refractivity contribution in [2.24, 2.45) is 0 Å². The summed E-state index contributed by atoms with van der Waals surface area (Å²) in [5.41, 5.74) is 0.784. The third-order valence-corrected chi connectivity index (χ3v) is 3.68. The fourth-order valence-corrected chi connectivity index (χ4v) is 2.81. The Morgan fingerprint density at radius 1 is 1.44 bits per heavy atom. The van der Waals surface area contributed by atoms with Crippen molar-refractivity contribution in [3.8, 4) is 0 Å². The van der Waals surface area contributed by atoms with E-state index in [2.05, 4.69) is 0 Å². The summed E-state index contributed by atoms with van der Waals surface area (Å²) in [5, 5.41) is 0. The van der Waals surface area contributed by atoms with Crippen molar-refractivity contribution in [2.45, 2.75) is 12.0 Å². The molecule has 5 nitrogen and oxygen atoms in total. The lowest BCUT2D eigenvalue weighted by atomic mass is 9.82. The summed E-state index contributed by atoms with van der Waals surface area (Å²) >= 11 is 0. The van der Waals surface area contributed by atoms with Gasteiger partial charge in [0.1, 0.15) is 6.61 Å². The quantitative estimate of drug-likeness (QED) is 0.696. The summed E-state index contributed by atoms with van der Waals surface area (Å²) < 4.78 is 9.96. The van der Waals surface area contributed by atoms with E-state index in [-0.39, 0.29) is 6.61 Å². The maximum Gasteiger partial charge on any atom is 0.411 e. The lowest BCUT2D eigenvalue weighted by molar-refractivity contribution is -0.153. The molecule has 2 aliphatic rings. The SMILES string of the molecule is COC(=O)C12COC(=O)N1CCc1ccccc12. The molecule has 5 heteroatoms. The van der Waals surface area contributed by atoms with E-state index in [1.165, 1.54) is 12.0 Å². The van der Waals surface area contributed by atoms with Gasteiger partial charge in [0.05, 0.1) is 7.11 Å². The molecule has 1 amide bonds. The Labute approximate surface area is 104 Å². The molecule has 0 spiro atoms. The standard InChI is InChI=1S/C13H13NO4/c1-17-11(15)13-8-18-12(16)14(13)7-6-9-4-2-3-5-10(9)13/h2-5H,6-8H2,1H3. The van der Waals surface area contributed by atoms with E-state index in [9.17, 15) is 9.59 Å². The number of ether oxygens (including phenoxy) is 2. The number of hydrogen-bond acceptors (Lipinski definition) is 4. The molecule has 2 heterocycles. The lowest BCUT2D eigenvalue weighted by Gasteiger charge is -2.38. The summed E-state index contributed by atoms with van der Waals surface area (Å²) in [6.07, 6.45) is 0.277. The molecular formula is C13H13NO4. The Hall–Kier alpha value is -2.04. The minimum atomic E-state index is -1.10. The first-order valence-electron chi connectivity index (χ1n) is 5.81. The normalized spacial score (nSPS) is 25.2. The first-order chi connectivity index (χ1) is 8.70. The Balaban J connectivity index is 2.21. The van der Waals surface area contributed by atoms with Crippen LogP contribution >= 0.6 is 0 Å². The van der Waals surface area contributed by atoms with Gasteiger partial charge in [0.15, 0.2) is 0 Å². The van der Waals surface area contributed by atoms with Crippen LogP contribution < -0.4 is 0 Å². The monoisotopic (exact) mass is 247 g/mol. The van der Waals surface area contributed by atoms with Gasteiger partial charge < -0.3 is 9.47 Å². The third kappa shape index (κ3) is 1.21. The van der Waals surface area contributed by atoms with Crippen molar-refractivity contribution >= 4 is 12.1 Å². The molecule has 18 heavy (non-hydrogen) atoms. The average molecular weight is 247 g/mol. The second-order valence-electron chi connectivity index (χ2n) is 4.47. The highest BCUT2D eigenvalue weighted by molar-refractivity contribution is 5.90. The molecule has 1 atom stereocenters. The number of benzene rings is 1. The van der Waals surface area contributed by atoms with Gasteiger partial charge >= 0.3 is 12.1 Å². The molecule has 0 radical (unpaired) electrons. The Bertz CT molecular complexity index is 527. The number of carbonyl (C=O) groups is 2. The van der Waals surface area contributed by atoms with E-state index >= 15 is 0 Å². The first-order valence-corrected chi connectivity index (χ1v) is 5.81. The minimum absolute atomic E-state index is 0.0233. The average Bonchev–Trinajstić information content (AvgIpc) is 2.77. The Morgan fingerprint density at radius 3 is 3.00 bits per heavy atom. The predicted octanol–water partition coefficient (Wildman–Crippen LogP) is 1.06. The van der Waals surface area contributed by atoms with Gasteiger partial charge in [-0.15, -0.1) is 0 Å². The summed E-state index contributed by atoms with van der Waals surface area (Å²) in [7, 11) is 1.33. The predicted molar refractivity (Wildman–Crippen MR) is 61.9 cm³/mol. The molecule has 1 unspecified atom stereocenters. The van der Waals surface area contributed by atoms with Crippen LogP contribution in [0.1, 0.15) is 11.1 Å². The number of nitrogens with zero attached hydrogens (tertiary/aromatic N) is 1. The summed E-state index contributed by atoms with van der Waals surface area (Å²) in [6, 6.07) is 7.62. The van der Waals surface area contributed by atoms with Gasteiger partial charge in [-0.1, -0.05) is 24.3 Å². The zero-order valence-corrected chi connectivity index (χ0v) is 10.0. The van der Waals surface area contributed by atoms with Crippen LogP contribution in [0.15, 0.2) is 24.3 Å². The van der Waals surface area contributed by atoms with Gasteiger partial charge in [0.25, 0.3) is 0 Å². The molecule has 0 N–H and O–H groups in total. The van der Waals surface area contributed by atoms with E-state index in [1.54, 1.807) is 0 Å². The smallest absolute Gasteiger partial charge is 0.411 e. The zero-order valence-electron chi connectivity index (χ0n) is 10.0. The second kappa shape index (κ2) is 3.73. The van der Waals surface area contributed by atoms with Crippen LogP contribution in [-0.4, -0.2) is 37.2 Å². The molecule has 1 aromatic rings. The van der Waals surface area contributed by atoms with E-state index in [0.29, 0.717) is 6.54 Å². The molecule has 3 rings (SSSR count). The number of fused-ring (bicyclic) bond motifs is 3. The minimum Gasteiger partial charge on any atom is -0.467 e. The third-order valence-electron chi connectivity index (χ3n) is 3.68. The van der Waals surface area contributed by atoms with Gasteiger partial charge in [-0.05, 0) is 17.5 Å². The molecule has 0 bridgehead atoms. The number of rotatable bonds is 1. The van der Waals surface area contributed by atoms with E-state index < -0.39 is 17.6 Å². The van der Waals surface area contributed by atoms with E-state index in [1.807, 2.05) is 24.3 Å². The number of amides is 1. The fourth-order valence-electron chi connectivity index (χ4n) is 2.81. The van der Waals surface area contributed by atoms with Crippen LogP contribution in [0.3, 0.4) is 0 Å². The molecule has 1 aromatic carbocycles. The van der Waals surface area contributed by atoms with E-state index in [4.69, 9.17) is 9.47 Å². The summed E-state index contributed by atoms with van der Waals surface area (Å²) in [4.78, 5) is 25.4. The first kappa shape index (κ1) is 11.1. The van der Waals surface area contributed by atoms with Crippen LogP contribution in [0.5, 0.6) is 0 Å². The number of esters is 1. The van der Waals surface area contributed by atoms with E-state index in [0.717, 1.165) is 17.5 Å². The topological polar surface area (TPSA) is 55.8 Å². The Morgan fingerprint density at radius 2 is 2.22 bits per heavy atom. The zero-order chi connectivity index (χ0) is 12.8. The summed E-state index contributed by atoms with van der Waals surface area (Å²) in [6.45, 7) is 0.500. The molecule has 0 saturated carbocycles. The number of hydrogen-bond donors (Lipinski definition) is 0. The highest BCUT2D eigenvalue weighted by atomic mass is 16.6. The second-order valence-corrected chi connectivity index (χ2v) is 4.47. The van der Waals surface area contributed by atoms with Gasteiger partial charge in [0.2, 0.25) is 5.54 Å². The van der Waals surface area contributed by atoms with Crippen LogP contribution in [0.25, 0.3) is 0 Å². The molecule has 1 fully saturated rings. The van der Waals surface area contributed by atoms with Crippen molar-refractivity contribution in [3.05, 3.63) is 35.4 Å². The molecular weight excluding hydrogens is 234 g/mol. The highest BCUT2D eigenvalue weighted by Crippen LogP contribution is 2.41. The fraction of sp³-hybridized carbons (Fsp3) is 0.385. The molecule has 2 aliphatic heterocycles. The van der Waals surface area contributed by atoms with Gasteiger partial charge in [-0.2, -0.15) is 0 Å². The highest BCUT2D eigenvalue weighted by Gasteiger charge is 2.57. The lowest BCUT2D eigenvalue weighted by Crippen LogP contribution is -2.54. The molecule has 94 valence electrons. The van der Waals surface area contributed by atoms with Crippen LogP contribution in [-0.2, 0) is 26.2 Å². The van der Waals surface area contributed by atoms with Crippen molar-refractivity contribution in [1.82, 2.24) is 4.90 Å². The molecule has 1 saturated heterocycles. The number of methoxy groups -OCH3 is 1. The number of carbonyl (C=O) groups excluding carboxylic acids is 2. The van der Waals surface area contributed by atoms with Crippen molar-refractivity contribution in [2.75, 3.05) is 20.3 Å². The molecule has 0 aliphatic carbocycles. The largest absolute Gasteiger partial charge is 0.467 e. The maximum atomic E-state index is 12.2. The van der Waals surface area contributed by atoms with Gasteiger partial charge in [-0.3, -0.25) is 4.90 Å². The van der Waals surface area contributed by atoms with Crippen molar-refractivity contribution in [3.63, 3.8) is 0 Å². The van der Waals surface area contributed by atoms with Crippen LogP contribution in [0.2, 0.25) is 0 Å². The Kier molecular flexibility index (Phi) is 2.29. The van der Waals surface area contributed by atoms with Crippen LogP contribution in [0, 0.1) is 0 Å². The van der Waals surface area contributed by atoms with Crippen molar-refractivity contribution < 1.29 is 19.1 Å². The van der Waals surface area contributed by atoms with Crippen LogP contribution in [0.4, 0.5) is 4.79 Å². The maximum absolute atomic E-state index is 12.2. The molecule has 0 aromatic heterocycles. The number of cyclic esters (lactones) is 1. The van der Waals surface area contributed by atoms with Gasteiger partial charge in [0, 0.05) is 6.54 Å². The summed E-state index contributed by atoms with van der Waals surface area (Å²) in [5.74, 6) is -0.444.